The third-order valence-electron chi connectivity index (χ3n) is 4.92. The summed E-state index contributed by atoms with van der Waals surface area (Å²) in [4.78, 5) is 11.2. The van der Waals surface area contributed by atoms with E-state index in [4.69, 9.17) is 9.73 Å². The Hall–Kier alpha value is -1.14. The highest BCUT2D eigenvalue weighted by atomic mass is 127. The number of nitrogens with zero attached hydrogens (tertiary/aromatic N) is 4. The van der Waals surface area contributed by atoms with E-state index < -0.39 is 10.0 Å². The summed E-state index contributed by atoms with van der Waals surface area (Å²) in [5.41, 5.74) is 0. The van der Waals surface area contributed by atoms with Gasteiger partial charge < -0.3 is 15.0 Å². The monoisotopic (exact) mass is 523 g/mol. The molecule has 2 aliphatic heterocycles. The minimum atomic E-state index is -3.10. The molecule has 2 saturated heterocycles. The standard InChI is InChI=1S/C18H29N5O3S.HI/c1-3-19-18(21-12-15-7-11-23(13-15)27(2,24)25)22-10-8-16(14-22)26-17-6-4-5-9-20-17;/h4-6,9,15-16H,3,7-8,10-14H2,1-2H3,(H,19,21);1H. The lowest BCUT2D eigenvalue weighted by atomic mass is 10.1. The number of halogens is 1. The number of ether oxygens (including phenoxy) is 1. The van der Waals surface area contributed by atoms with Crippen LogP contribution in [0.3, 0.4) is 0 Å². The lowest BCUT2D eigenvalue weighted by Gasteiger charge is -2.22. The van der Waals surface area contributed by atoms with E-state index in [1.165, 1.54) is 6.26 Å². The fourth-order valence-electron chi connectivity index (χ4n) is 3.49. The zero-order valence-corrected chi connectivity index (χ0v) is 19.6. The summed E-state index contributed by atoms with van der Waals surface area (Å²) in [5, 5.41) is 3.35. The molecule has 3 heterocycles. The number of aliphatic imine (C=N–C) groups is 1. The molecule has 0 aliphatic carbocycles. The molecule has 0 aromatic carbocycles. The van der Waals surface area contributed by atoms with Gasteiger partial charge in [0.15, 0.2) is 5.96 Å². The van der Waals surface area contributed by atoms with E-state index in [-0.39, 0.29) is 36.0 Å². The lowest BCUT2D eigenvalue weighted by Crippen LogP contribution is -2.41. The van der Waals surface area contributed by atoms with Crippen LogP contribution in [0.5, 0.6) is 5.88 Å². The summed E-state index contributed by atoms with van der Waals surface area (Å²) in [5.74, 6) is 1.80. The van der Waals surface area contributed by atoms with E-state index in [9.17, 15) is 8.42 Å². The average Bonchev–Trinajstić information content (AvgIpc) is 3.29. The van der Waals surface area contributed by atoms with Gasteiger partial charge in [-0.25, -0.2) is 17.7 Å². The number of likely N-dealkylation sites (tertiary alicyclic amines) is 1. The van der Waals surface area contributed by atoms with Crippen LogP contribution in [0.25, 0.3) is 0 Å². The van der Waals surface area contributed by atoms with Gasteiger partial charge in [0.1, 0.15) is 6.10 Å². The van der Waals surface area contributed by atoms with Gasteiger partial charge in [0, 0.05) is 51.4 Å². The Bertz CT molecular complexity index is 747. The number of aromatic nitrogens is 1. The Morgan fingerprint density at radius 1 is 1.32 bits per heavy atom. The maximum Gasteiger partial charge on any atom is 0.213 e. The van der Waals surface area contributed by atoms with Crippen molar-refractivity contribution in [2.24, 2.45) is 10.9 Å². The molecule has 0 spiro atoms. The molecule has 0 amide bonds. The minimum Gasteiger partial charge on any atom is -0.472 e. The Labute approximate surface area is 184 Å². The van der Waals surface area contributed by atoms with Crippen molar-refractivity contribution in [3.63, 3.8) is 0 Å². The van der Waals surface area contributed by atoms with E-state index in [2.05, 4.69) is 22.1 Å². The summed E-state index contributed by atoms with van der Waals surface area (Å²) in [6.07, 6.45) is 4.88. The second-order valence-corrected chi connectivity index (χ2v) is 9.10. The fourth-order valence-corrected chi connectivity index (χ4v) is 4.41. The van der Waals surface area contributed by atoms with Crippen molar-refractivity contribution >= 4 is 40.0 Å². The molecule has 0 bridgehead atoms. The first-order valence-corrected chi connectivity index (χ1v) is 11.4. The molecule has 0 radical (unpaired) electrons. The SMILES string of the molecule is CCNC(=NCC1CCN(S(C)(=O)=O)C1)N1CCC(Oc2ccccn2)C1.I. The molecule has 2 unspecified atom stereocenters. The molecule has 1 aromatic rings. The minimum absolute atomic E-state index is 0. The maximum absolute atomic E-state index is 11.7. The topological polar surface area (TPSA) is 87.1 Å². The Kier molecular flexibility index (Phi) is 8.75. The number of hydrogen-bond acceptors (Lipinski definition) is 5. The van der Waals surface area contributed by atoms with E-state index in [1.54, 1.807) is 10.5 Å². The maximum atomic E-state index is 11.7. The molecule has 2 aliphatic rings. The second kappa shape index (κ2) is 10.6. The van der Waals surface area contributed by atoms with Crippen LogP contribution in [0.15, 0.2) is 29.4 Å². The predicted molar refractivity (Wildman–Crippen MR) is 121 cm³/mol. The van der Waals surface area contributed by atoms with Crippen molar-refractivity contribution < 1.29 is 13.2 Å². The molecule has 28 heavy (non-hydrogen) atoms. The molecule has 2 fully saturated rings. The van der Waals surface area contributed by atoms with Crippen LogP contribution >= 0.6 is 24.0 Å². The molecule has 158 valence electrons. The van der Waals surface area contributed by atoms with Gasteiger partial charge in [-0.1, -0.05) is 6.07 Å². The van der Waals surface area contributed by atoms with Gasteiger partial charge in [0.2, 0.25) is 15.9 Å². The van der Waals surface area contributed by atoms with Gasteiger partial charge in [-0.3, -0.25) is 4.99 Å². The van der Waals surface area contributed by atoms with E-state index in [0.29, 0.717) is 25.5 Å². The fraction of sp³-hybridized carbons (Fsp3) is 0.667. The first kappa shape index (κ1) is 23.1. The predicted octanol–water partition coefficient (Wildman–Crippen LogP) is 1.40. The summed E-state index contributed by atoms with van der Waals surface area (Å²) in [6, 6.07) is 5.66. The number of hydrogen-bond donors (Lipinski definition) is 1. The van der Waals surface area contributed by atoms with Gasteiger partial charge >= 0.3 is 0 Å². The molecular weight excluding hydrogens is 493 g/mol. The van der Waals surface area contributed by atoms with Crippen molar-refractivity contribution in [2.45, 2.75) is 25.9 Å². The van der Waals surface area contributed by atoms with Gasteiger partial charge in [0.25, 0.3) is 0 Å². The number of nitrogens with one attached hydrogen (secondary N) is 1. The zero-order chi connectivity index (χ0) is 19.3. The van der Waals surface area contributed by atoms with Crippen LogP contribution in [-0.4, -0.2) is 80.2 Å². The van der Waals surface area contributed by atoms with Gasteiger partial charge in [-0.2, -0.15) is 0 Å². The normalized spacial score (nSPS) is 23.5. The third-order valence-corrected chi connectivity index (χ3v) is 6.19. The molecular formula is C18H30IN5O3S. The summed E-state index contributed by atoms with van der Waals surface area (Å²) in [6.45, 7) is 6.28. The Morgan fingerprint density at radius 3 is 2.79 bits per heavy atom. The first-order valence-electron chi connectivity index (χ1n) is 9.51. The lowest BCUT2D eigenvalue weighted by molar-refractivity contribution is 0.205. The largest absolute Gasteiger partial charge is 0.472 e. The van der Waals surface area contributed by atoms with Crippen LogP contribution in [0.1, 0.15) is 19.8 Å². The average molecular weight is 523 g/mol. The smallest absolute Gasteiger partial charge is 0.213 e. The number of guanidine groups is 1. The summed E-state index contributed by atoms with van der Waals surface area (Å²) < 4.78 is 30.8. The molecule has 0 saturated carbocycles. The van der Waals surface area contributed by atoms with Crippen molar-refractivity contribution in [1.29, 1.82) is 0 Å². The van der Waals surface area contributed by atoms with Crippen LogP contribution < -0.4 is 10.1 Å². The zero-order valence-electron chi connectivity index (χ0n) is 16.5. The van der Waals surface area contributed by atoms with Crippen molar-refractivity contribution in [1.82, 2.24) is 19.5 Å². The molecule has 8 nitrogen and oxygen atoms in total. The molecule has 10 heteroatoms. The Morgan fingerprint density at radius 2 is 2.14 bits per heavy atom. The van der Waals surface area contributed by atoms with Crippen LogP contribution in [-0.2, 0) is 10.0 Å². The highest BCUT2D eigenvalue weighted by Crippen LogP contribution is 2.20. The third kappa shape index (κ3) is 6.45. The highest BCUT2D eigenvalue weighted by Gasteiger charge is 2.30. The molecule has 3 rings (SSSR count). The van der Waals surface area contributed by atoms with E-state index in [0.717, 1.165) is 38.4 Å². The van der Waals surface area contributed by atoms with E-state index >= 15 is 0 Å². The van der Waals surface area contributed by atoms with Gasteiger partial charge in [-0.15, -0.1) is 24.0 Å². The van der Waals surface area contributed by atoms with Crippen molar-refractivity contribution in [2.75, 3.05) is 45.5 Å². The number of rotatable bonds is 6. The second-order valence-electron chi connectivity index (χ2n) is 7.11. The Balaban J connectivity index is 0.00000280. The van der Waals surface area contributed by atoms with Gasteiger partial charge in [0.05, 0.1) is 12.8 Å². The summed E-state index contributed by atoms with van der Waals surface area (Å²) >= 11 is 0. The highest BCUT2D eigenvalue weighted by molar-refractivity contribution is 14.0. The number of sulfonamides is 1. The number of pyridine rings is 1. The van der Waals surface area contributed by atoms with Gasteiger partial charge in [-0.05, 0) is 25.3 Å². The van der Waals surface area contributed by atoms with Crippen LogP contribution in [0.4, 0.5) is 0 Å². The van der Waals surface area contributed by atoms with Crippen molar-refractivity contribution in [3.05, 3.63) is 24.4 Å². The first-order chi connectivity index (χ1) is 13.0. The van der Waals surface area contributed by atoms with Crippen LogP contribution in [0, 0.1) is 5.92 Å². The molecule has 1 aromatic heterocycles. The summed E-state index contributed by atoms with van der Waals surface area (Å²) in [7, 11) is -3.10. The van der Waals surface area contributed by atoms with E-state index in [1.807, 2.05) is 18.2 Å². The quantitative estimate of drug-likeness (QED) is 0.345. The van der Waals surface area contributed by atoms with Crippen molar-refractivity contribution in [3.8, 4) is 5.88 Å². The van der Waals surface area contributed by atoms with Crippen LogP contribution in [0.2, 0.25) is 0 Å². The molecule has 2 atom stereocenters. The molecule has 1 N–H and O–H groups in total.